The number of ether oxygens (including phenoxy) is 1. The number of nitrogens with zero attached hydrogens (tertiary/aromatic N) is 1. The molecule has 0 saturated carbocycles. The summed E-state index contributed by atoms with van der Waals surface area (Å²) >= 11 is 6.28. The van der Waals surface area contributed by atoms with E-state index in [0.717, 1.165) is 29.5 Å². The molecular weight excluding hydrogens is 372 g/mol. The molecule has 0 atom stereocenters. The third-order valence-electron chi connectivity index (χ3n) is 5.50. The molecule has 1 N–H and O–H groups in total. The molecule has 0 fully saturated rings. The number of nitrogens with one attached hydrogen (secondary N) is 1. The van der Waals surface area contributed by atoms with Crippen LogP contribution in [-0.4, -0.2) is 18.0 Å². The van der Waals surface area contributed by atoms with Gasteiger partial charge in [-0.25, -0.2) is 0 Å². The number of pyridine rings is 1. The van der Waals surface area contributed by atoms with E-state index in [-0.39, 0.29) is 5.91 Å². The maximum atomic E-state index is 13.4. The second-order valence-corrected chi connectivity index (χ2v) is 7.37. The van der Waals surface area contributed by atoms with Gasteiger partial charge in [0, 0.05) is 11.6 Å². The van der Waals surface area contributed by atoms with Gasteiger partial charge < -0.3 is 10.1 Å². The standard InChI is InChI=1S/C23H25ClN2O2/c1-4-23(5-2,15-16-8-10-17(28-3)11-9-16)22(27)26-20-13-12-19(24)18-7-6-14-25-21(18)20/h6-14H,4-5,15H2,1-3H3,(H,26,27). The largest absolute Gasteiger partial charge is 0.497 e. The lowest BCUT2D eigenvalue weighted by molar-refractivity contribution is -0.126. The van der Waals surface area contributed by atoms with Crippen LogP contribution < -0.4 is 10.1 Å². The molecule has 4 nitrogen and oxygen atoms in total. The Labute approximate surface area is 170 Å². The SMILES string of the molecule is CCC(CC)(Cc1ccc(OC)cc1)C(=O)Nc1ccc(Cl)c2cccnc12. The molecule has 0 aliphatic heterocycles. The van der Waals surface area contributed by atoms with Crippen molar-refractivity contribution in [3.63, 3.8) is 0 Å². The molecule has 5 heteroatoms. The minimum atomic E-state index is -0.505. The quantitative estimate of drug-likeness (QED) is 0.542. The van der Waals surface area contributed by atoms with Gasteiger partial charge in [-0.05, 0) is 61.2 Å². The van der Waals surface area contributed by atoms with E-state index in [0.29, 0.717) is 22.6 Å². The van der Waals surface area contributed by atoms with Gasteiger partial charge >= 0.3 is 0 Å². The molecule has 2 aromatic carbocycles. The van der Waals surface area contributed by atoms with Crippen molar-refractivity contribution < 1.29 is 9.53 Å². The number of aromatic nitrogens is 1. The highest BCUT2D eigenvalue weighted by Crippen LogP contribution is 2.35. The summed E-state index contributed by atoms with van der Waals surface area (Å²) in [5.74, 6) is 0.813. The van der Waals surface area contributed by atoms with Gasteiger partial charge in [0.1, 0.15) is 5.75 Å². The molecule has 0 bridgehead atoms. The number of hydrogen-bond acceptors (Lipinski definition) is 3. The van der Waals surface area contributed by atoms with E-state index in [1.165, 1.54) is 0 Å². The van der Waals surface area contributed by atoms with E-state index in [2.05, 4.69) is 24.1 Å². The summed E-state index contributed by atoms with van der Waals surface area (Å²) in [4.78, 5) is 17.8. The second-order valence-electron chi connectivity index (χ2n) is 6.96. The summed E-state index contributed by atoms with van der Waals surface area (Å²) in [6, 6.07) is 15.3. The van der Waals surface area contributed by atoms with Crippen molar-refractivity contribution in [2.24, 2.45) is 5.41 Å². The highest BCUT2D eigenvalue weighted by molar-refractivity contribution is 6.36. The second kappa shape index (κ2) is 8.61. The lowest BCUT2D eigenvalue weighted by Gasteiger charge is -2.30. The van der Waals surface area contributed by atoms with Crippen LogP contribution in [0.1, 0.15) is 32.3 Å². The molecule has 0 radical (unpaired) electrons. The summed E-state index contributed by atoms with van der Waals surface area (Å²) in [6.45, 7) is 4.12. The number of carbonyl (C=O) groups excluding carboxylic acids is 1. The molecule has 146 valence electrons. The van der Waals surface area contributed by atoms with Crippen LogP contribution in [0.4, 0.5) is 5.69 Å². The first-order valence-corrected chi connectivity index (χ1v) is 9.88. The molecule has 0 aliphatic carbocycles. The van der Waals surface area contributed by atoms with E-state index in [4.69, 9.17) is 16.3 Å². The van der Waals surface area contributed by atoms with Crippen molar-refractivity contribution >= 4 is 34.1 Å². The van der Waals surface area contributed by atoms with Crippen molar-refractivity contribution in [2.75, 3.05) is 12.4 Å². The highest BCUT2D eigenvalue weighted by atomic mass is 35.5. The lowest BCUT2D eigenvalue weighted by atomic mass is 9.76. The predicted octanol–water partition coefficient (Wildman–Crippen LogP) is 5.88. The fourth-order valence-corrected chi connectivity index (χ4v) is 3.74. The summed E-state index contributed by atoms with van der Waals surface area (Å²) in [5, 5.41) is 4.56. The Morgan fingerprint density at radius 2 is 1.82 bits per heavy atom. The topological polar surface area (TPSA) is 51.2 Å². The van der Waals surface area contributed by atoms with Crippen molar-refractivity contribution in [3.05, 3.63) is 65.3 Å². The van der Waals surface area contributed by atoms with Gasteiger partial charge in [0.2, 0.25) is 5.91 Å². The van der Waals surface area contributed by atoms with Crippen molar-refractivity contribution in [3.8, 4) is 5.75 Å². The minimum absolute atomic E-state index is 0.00240. The number of hydrogen-bond donors (Lipinski definition) is 1. The van der Waals surface area contributed by atoms with E-state index >= 15 is 0 Å². The molecule has 28 heavy (non-hydrogen) atoms. The lowest BCUT2D eigenvalue weighted by Crippen LogP contribution is -2.37. The number of benzene rings is 2. The van der Waals surface area contributed by atoms with E-state index < -0.39 is 5.41 Å². The Morgan fingerprint density at radius 1 is 1.11 bits per heavy atom. The summed E-state index contributed by atoms with van der Waals surface area (Å²) in [6.07, 6.45) is 3.84. The van der Waals surface area contributed by atoms with Gasteiger partial charge in [-0.1, -0.05) is 37.6 Å². The first-order chi connectivity index (χ1) is 13.5. The smallest absolute Gasteiger partial charge is 0.230 e. The zero-order valence-electron chi connectivity index (χ0n) is 16.5. The monoisotopic (exact) mass is 396 g/mol. The zero-order chi connectivity index (χ0) is 20.1. The Balaban J connectivity index is 1.90. The number of rotatable bonds is 7. The molecule has 1 heterocycles. The molecule has 0 unspecified atom stereocenters. The maximum absolute atomic E-state index is 13.4. The normalized spacial score (nSPS) is 11.4. The van der Waals surface area contributed by atoms with Crippen LogP contribution in [-0.2, 0) is 11.2 Å². The molecule has 1 aromatic heterocycles. The predicted molar refractivity (Wildman–Crippen MR) is 115 cm³/mol. The summed E-state index contributed by atoms with van der Waals surface area (Å²) in [5.41, 5.74) is 1.99. The number of carbonyl (C=O) groups is 1. The fourth-order valence-electron chi connectivity index (χ4n) is 3.53. The van der Waals surface area contributed by atoms with Gasteiger partial charge in [-0.15, -0.1) is 0 Å². The van der Waals surface area contributed by atoms with Crippen molar-refractivity contribution in [2.45, 2.75) is 33.1 Å². The average Bonchev–Trinajstić information content (AvgIpc) is 2.74. The van der Waals surface area contributed by atoms with Crippen LogP contribution in [0.25, 0.3) is 10.9 Å². The Morgan fingerprint density at radius 3 is 2.46 bits per heavy atom. The van der Waals surface area contributed by atoms with Crippen molar-refractivity contribution in [1.82, 2.24) is 4.98 Å². The van der Waals surface area contributed by atoms with Crippen LogP contribution >= 0.6 is 11.6 Å². The molecule has 0 aliphatic rings. The first kappa shape index (κ1) is 20.2. The van der Waals surface area contributed by atoms with E-state index in [1.807, 2.05) is 42.5 Å². The van der Waals surface area contributed by atoms with Crippen molar-refractivity contribution in [1.29, 1.82) is 0 Å². The minimum Gasteiger partial charge on any atom is -0.497 e. The first-order valence-electron chi connectivity index (χ1n) is 9.50. The Kier molecular flexibility index (Phi) is 6.20. The summed E-state index contributed by atoms with van der Waals surface area (Å²) < 4.78 is 5.23. The molecule has 0 spiro atoms. The number of anilines is 1. The number of amides is 1. The van der Waals surface area contributed by atoms with Gasteiger partial charge in [-0.3, -0.25) is 9.78 Å². The van der Waals surface area contributed by atoms with Gasteiger partial charge in [0.05, 0.1) is 28.8 Å². The van der Waals surface area contributed by atoms with Gasteiger partial charge in [0.15, 0.2) is 0 Å². The molecule has 0 saturated heterocycles. The average molecular weight is 397 g/mol. The van der Waals surface area contributed by atoms with Crippen LogP contribution in [0.3, 0.4) is 0 Å². The molecule has 3 rings (SSSR count). The Hall–Kier alpha value is -2.59. The molecule has 3 aromatic rings. The molecule has 1 amide bonds. The zero-order valence-corrected chi connectivity index (χ0v) is 17.2. The van der Waals surface area contributed by atoms with E-state index in [9.17, 15) is 4.79 Å². The van der Waals surface area contributed by atoms with Crippen LogP contribution in [0, 0.1) is 5.41 Å². The Bertz CT molecular complexity index is 966. The molecular formula is C23H25ClN2O2. The van der Waals surface area contributed by atoms with E-state index in [1.54, 1.807) is 19.4 Å². The van der Waals surface area contributed by atoms with Gasteiger partial charge in [-0.2, -0.15) is 0 Å². The number of halogens is 1. The van der Waals surface area contributed by atoms with Crippen LogP contribution in [0.2, 0.25) is 5.02 Å². The van der Waals surface area contributed by atoms with Gasteiger partial charge in [0.25, 0.3) is 0 Å². The third-order valence-corrected chi connectivity index (χ3v) is 5.83. The number of methoxy groups -OCH3 is 1. The fraction of sp³-hybridized carbons (Fsp3) is 0.304. The summed E-state index contributed by atoms with van der Waals surface area (Å²) in [7, 11) is 1.65. The maximum Gasteiger partial charge on any atom is 0.230 e. The van der Waals surface area contributed by atoms with Crippen LogP contribution in [0.15, 0.2) is 54.7 Å². The van der Waals surface area contributed by atoms with Crippen LogP contribution in [0.5, 0.6) is 5.75 Å². The number of fused-ring (bicyclic) bond motifs is 1. The highest BCUT2D eigenvalue weighted by Gasteiger charge is 2.35. The third kappa shape index (κ3) is 3.97.